The molecule has 3 N–H and O–H groups in total. The topological polar surface area (TPSA) is 50.4 Å². The van der Waals surface area contributed by atoms with E-state index >= 15 is 0 Å². The maximum absolute atomic E-state index is 13.1. The molecule has 0 aliphatic heterocycles. The van der Waals surface area contributed by atoms with Crippen LogP contribution in [0.15, 0.2) is 29.4 Å². The zero-order chi connectivity index (χ0) is 11.2. The molecule has 0 aromatic rings. The molecule has 0 bridgehead atoms. The van der Waals surface area contributed by atoms with Gasteiger partial charge < -0.3 is 5.32 Å². The van der Waals surface area contributed by atoms with Gasteiger partial charge in [0.05, 0.1) is 5.71 Å². The highest BCUT2D eigenvalue weighted by Gasteiger charge is 2.19. The zero-order valence-electron chi connectivity index (χ0n) is 8.97. The molecule has 0 saturated heterocycles. The molecular weight excluding hydrogens is 181 g/mol. The summed E-state index contributed by atoms with van der Waals surface area (Å²) in [6.07, 6.45) is 3.23. The molecule has 0 saturated carbocycles. The fraction of sp³-hybridized carbons (Fsp3) is 0.500. The average Bonchev–Trinajstić information content (AvgIpc) is 2.10. The van der Waals surface area contributed by atoms with Crippen LogP contribution in [0.2, 0.25) is 0 Å². The zero-order valence-corrected chi connectivity index (χ0v) is 8.97. The molecule has 0 aromatic heterocycles. The first-order chi connectivity index (χ1) is 6.41. The standard InChI is InChI=1S/C10H18FN3/c1-5-9(6-13-4)7-14-8(2)10(3,11)12/h5,7,13H,1,6,12H2,2-4H3/b9-7+,14-8?. The fourth-order valence-electron chi connectivity index (χ4n) is 0.681. The Balaban J connectivity index is 4.57. The van der Waals surface area contributed by atoms with Gasteiger partial charge in [-0.1, -0.05) is 12.7 Å². The summed E-state index contributed by atoms with van der Waals surface area (Å²) in [5, 5.41) is 2.95. The minimum Gasteiger partial charge on any atom is -0.316 e. The van der Waals surface area contributed by atoms with Crippen molar-refractivity contribution in [2.45, 2.75) is 19.6 Å². The summed E-state index contributed by atoms with van der Waals surface area (Å²) >= 11 is 0. The molecule has 80 valence electrons. The number of aliphatic imine (C=N–C) groups is 1. The van der Waals surface area contributed by atoms with E-state index in [9.17, 15) is 4.39 Å². The van der Waals surface area contributed by atoms with Crippen LogP contribution >= 0.6 is 0 Å². The molecule has 0 fully saturated rings. The van der Waals surface area contributed by atoms with E-state index in [1.165, 1.54) is 6.92 Å². The first-order valence-corrected chi connectivity index (χ1v) is 4.40. The third-order valence-electron chi connectivity index (χ3n) is 1.77. The highest BCUT2D eigenvalue weighted by molar-refractivity contribution is 5.89. The predicted octanol–water partition coefficient (Wildman–Crippen LogP) is 1.38. The molecule has 3 nitrogen and oxygen atoms in total. The molecule has 14 heavy (non-hydrogen) atoms. The second kappa shape index (κ2) is 5.67. The van der Waals surface area contributed by atoms with Gasteiger partial charge in [0.15, 0.2) is 5.79 Å². The lowest BCUT2D eigenvalue weighted by molar-refractivity contribution is 0.294. The van der Waals surface area contributed by atoms with Crippen LogP contribution in [0.1, 0.15) is 13.8 Å². The second-order valence-corrected chi connectivity index (χ2v) is 3.23. The third-order valence-corrected chi connectivity index (χ3v) is 1.77. The second-order valence-electron chi connectivity index (χ2n) is 3.23. The Morgan fingerprint density at radius 1 is 1.71 bits per heavy atom. The Hall–Kier alpha value is -1.00. The minimum absolute atomic E-state index is 0.243. The molecule has 0 spiro atoms. The van der Waals surface area contributed by atoms with Gasteiger partial charge in [-0.05, 0) is 26.5 Å². The van der Waals surface area contributed by atoms with Crippen LogP contribution in [-0.4, -0.2) is 25.1 Å². The van der Waals surface area contributed by atoms with Gasteiger partial charge in [-0.3, -0.25) is 10.7 Å². The van der Waals surface area contributed by atoms with E-state index in [1.807, 2.05) is 7.05 Å². The lowest BCUT2D eigenvalue weighted by atomic mass is 10.2. The van der Waals surface area contributed by atoms with Crippen LogP contribution < -0.4 is 11.1 Å². The van der Waals surface area contributed by atoms with Crippen LogP contribution in [0, 0.1) is 0 Å². The molecular formula is C10H18FN3. The SMILES string of the molecule is C=C/C(=C\N=C(C)C(C)(N)F)CNC. The molecule has 0 aliphatic rings. The molecule has 1 unspecified atom stereocenters. The highest BCUT2D eigenvalue weighted by atomic mass is 19.1. The van der Waals surface area contributed by atoms with Gasteiger partial charge in [-0.2, -0.15) is 0 Å². The lowest BCUT2D eigenvalue weighted by Gasteiger charge is -2.12. The van der Waals surface area contributed by atoms with Crippen LogP contribution in [0.3, 0.4) is 0 Å². The summed E-state index contributed by atoms with van der Waals surface area (Å²) in [7, 11) is 1.82. The van der Waals surface area contributed by atoms with Crippen molar-refractivity contribution in [3.8, 4) is 0 Å². The number of alkyl halides is 1. The number of nitrogens with one attached hydrogen (secondary N) is 1. The van der Waals surface area contributed by atoms with Crippen molar-refractivity contribution in [3.63, 3.8) is 0 Å². The van der Waals surface area contributed by atoms with Crippen molar-refractivity contribution in [2.75, 3.05) is 13.6 Å². The number of hydrogen-bond donors (Lipinski definition) is 2. The van der Waals surface area contributed by atoms with Crippen LogP contribution in [0.5, 0.6) is 0 Å². The third kappa shape index (κ3) is 4.89. The number of likely N-dealkylation sites (N-methyl/N-ethyl adjacent to an activating group) is 1. The largest absolute Gasteiger partial charge is 0.316 e. The van der Waals surface area contributed by atoms with Crippen molar-refractivity contribution in [1.82, 2.24) is 5.32 Å². The normalized spacial score (nSPS) is 17.8. The van der Waals surface area contributed by atoms with Crippen LogP contribution in [-0.2, 0) is 0 Å². The van der Waals surface area contributed by atoms with Crippen LogP contribution in [0.25, 0.3) is 0 Å². The smallest absolute Gasteiger partial charge is 0.194 e. The Morgan fingerprint density at radius 3 is 2.64 bits per heavy atom. The Bertz CT molecular complexity index is 249. The van der Waals surface area contributed by atoms with Gasteiger partial charge in [0.1, 0.15) is 0 Å². The number of nitrogens with zero attached hydrogens (tertiary/aromatic N) is 1. The van der Waals surface area contributed by atoms with Crippen molar-refractivity contribution in [3.05, 3.63) is 24.4 Å². The van der Waals surface area contributed by atoms with E-state index in [0.29, 0.717) is 6.54 Å². The monoisotopic (exact) mass is 199 g/mol. The number of hydrogen-bond acceptors (Lipinski definition) is 3. The lowest BCUT2D eigenvalue weighted by Crippen LogP contribution is -2.38. The van der Waals surface area contributed by atoms with Crippen molar-refractivity contribution in [1.29, 1.82) is 0 Å². The highest BCUT2D eigenvalue weighted by Crippen LogP contribution is 2.05. The quantitative estimate of drug-likeness (QED) is 0.399. The summed E-state index contributed by atoms with van der Waals surface area (Å²) in [4.78, 5) is 3.93. The molecule has 1 atom stereocenters. The molecule has 0 amide bonds. The van der Waals surface area contributed by atoms with E-state index in [4.69, 9.17) is 5.73 Å². The number of rotatable bonds is 5. The van der Waals surface area contributed by atoms with Crippen molar-refractivity contribution in [2.24, 2.45) is 10.7 Å². The number of halogens is 1. The van der Waals surface area contributed by atoms with Gasteiger partial charge in [0.2, 0.25) is 0 Å². The average molecular weight is 199 g/mol. The molecule has 0 heterocycles. The maximum atomic E-state index is 13.1. The van der Waals surface area contributed by atoms with E-state index in [1.54, 1.807) is 19.2 Å². The summed E-state index contributed by atoms with van der Waals surface area (Å²) in [6.45, 7) is 7.09. The minimum atomic E-state index is -1.86. The molecule has 0 aliphatic carbocycles. The van der Waals surface area contributed by atoms with Gasteiger partial charge >= 0.3 is 0 Å². The fourth-order valence-corrected chi connectivity index (χ4v) is 0.681. The van der Waals surface area contributed by atoms with Crippen molar-refractivity contribution < 1.29 is 4.39 Å². The molecule has 0 radical (unpaired) electrons. The Labute approximate surface area is 84.6 Å². The Kier molecular flexibility index (Phi) is 5.27. The summed E-state index contributed by atoms with van der Waals surface area (Å²) < 4.78 is 13.1. The summed E-state index contributed by atoms with van der Waals surface area (Å²) in [5.74, 6) is -1.86. The predicted molar refractivity (Wildman–Crippen MR) is 59.0 cm³/mol. The molecule has 0 rings (SSSR count). The number of nitrogens with two attached hydrogens (primary N) is 1. The first kappa shape index (κ1) is 13.0. The molecule has 4 heteroatoms. The van der Waals surface area contributed by atoms with Crippen LogP contribution in [0.4, 0.5) is 4.39 Å². The van der Waals surface area contributed by atoms with Gasteiger partial charge in [0, 0.05) is 12.7 Å². The van der Waals surface area contributed by atoms with Gasteiger partial charge in [0.25, 0.3) is 0 Å². The van der Waals surface area contributed by atoms with E-state index in [-0.39, 0.29) is 5.71 Å². The van der Waals surface area contributed by atoms with Gasteiger partial charge in [-0.25, -0.2) is 4.39 Å². The van der Waals surface area contributed by atoms with Gasteiger partial charge in [-0.15, -0.1) is 0 Å². The van der Waals surface area contributed by atoms with E-state index in [2.05, 4.69) is 16.9 Å². The summed E-state index contributed by atoms with van der Waals surface area (Å²) in [5.41, 5.74) is 6.34. The van der Waals surface area contributed by atoms with E-state index in [0.717, 1.165) is 5.57 Å². The first-order valence-electron chi connectivity index (χ1n) is 4.40. The van der Waals surface area contributed by atoms with E-state index < -0.39 is 5.79 Å². The Morgan fingerprint density at radius 2 is 2.29 bits per heavy atom. The summed E-state index contributed by atoms with van der Waals surface area (Å²) in [6, 6.07) is 0. The van der Waals surface area contributed by atoms with Crippen molar-refractivity contribution >= 4 is 5.71 Å². The maximum Gasteiger partial charge on any atom is 0.194 e. The molecule has 0 aromatic carbocycles.